The molecule has 0 radical (unpaired) electrons. The largest absolute Gasteiger partial charge is 0.393 e. The molecule has 20 heavy (non-hydrogen) atoms. The highest BCUT2D eigenvalue weighted by Crippen LogP contribution is 2.44. The fraction of sp³-hybridized carbons (Fsp3) is 0.438. The SMILES string of the molecule is O[C@H]1CCCOC[C@@H]1C1c2ccccc2-c2cncn21. The number of aliphatic hydroxyl groups is 1. The zero-order valence-electron chi connectivity index (χ0n) is 11.3. The van der Waals surface area contributed by atoms with Crippen LogP contribution in [0.5, 0.6) is 0 Å². The number of aromatic nitrogens is 2. The first-order valence-corrected chi connectivity index (χ1v) is 7.23. The Bertz CT molecular complexity index is 622. The summed E-state index contributed by atoms with van der Waals surface area (Å²) in [6, 6.07) is 8.54. The molecular weight excluding hydrogens is 252 g/mol. The maximum Gasteiger partial charge on any atom is 0.0956 e. The molecule has 1 saturated heterocycles. The molecule has 1 N–H and O–H groups in total. The van der Waals surface area contributed by atoms with Gasteiger partial charge < -0.3 is 14.4 Å². The van der Waals surface area contributed by atoms with E-state index in [2.05, 4.69) is 33.8 Å². The number of nitrogens with zero attached hydrogens (tertiary/aromatic N) is 2. The molecule has 0 saturated carbocycles. The Morgan fingerprint density at radius 2 is 2.20 bits per heavy atom. The second kappa shape index (κ2) is 4.72. The van der Waals surface area contributed by atoms with Crippen LogP contribution < -0.4 is 0 Å². The van der Waals surface area contributed by atoms with Gasteiger partial charge in [0.1, 0.15) is 0 Å². The number of fused-ring (bicyclic) bond motifs is 3. The van der Waals surface area contributed by atoms with Crippen LogP contribution in [0.4, 0.5) is 0 Å². The van der Waals surface area contributed by atoms with Gasteiger partial charge >= 0.3 is 0 Å². The zero-order valence-corrected chi connectivity index (χ0v) is 11.3. The van der Waals surface area contributed by atoms with E-state index in [0.717, 1.165) is 25.1 Å². The van der Waals surface area contributed by atoms with Gasteiger partial charge in [-0.15, -0.1) is 0 Å². The van der Waals surface area contributed by atoms with Gasteiger partial charge in [0.15, 0.2) is 0 Å². The van der Waals surface area contributed by atoms with Crippen molar-refractivity contribution in [1.82, 2.24) is 9.55 Å². The minimum Gasteiger partial charge on any atom is -0.393 e. The minimum atomic E-state index is -0.316. The molecule has 0 spiro atoms. The number of ether oxygens (including phenoxy) is 1. The van der Waals surface area contributed by atoms with E-state index >= 15 is 0 Å². The van der Waals surface area contributed by atoms with Gasteiger partial charge in [0.2, 0.25) is 0 Å². The van der Waals surface area contributed by atoms with E-state index in [4.69, 9.17) is 4.74 Å². The summed E-state index contributed by atoms with van der Waals surface area (Å²) in [7, 11) is 0. The fourth-order valence-electron chi connectivity index (χ4n) is 3.55. The lowest BCUT2D eigenvalue weighted by molar-refractivity contribution is 0.0395. The highest BCUT2D eigenvalue weighted by Gasteiger charge is 2.38. The van der Waals surface area contributed by atoms with Crippen LogP contribution in [0.25, 0.3) is 11.3 Å². The van der Waals surface area contributed by atoms with Crippen LogP contribution in [0.15, 0.2) is 36.8 Å². The molecule has 0 amide bonds. The minimum absolute atomic E-state index is 0.0918. The van der Waals surface area contributed by atoms with Crippen LogP contribution in [-0.2, 0) is 4.74 Å². The number of rotatable bonds is 1. The molecule has 0 bridgehead atoms. The first-order valence-electron chi connectivity index (χ1n) is 7.23. The Morgan fingerprint density at radius 1 is 1.30 bits per heavy atom. The Morgan fingerprint density at radius 3 is 3.15 bits per heavy atom. The zero-order chi connectivity index (χ0) is 13.5. The molecule has 1 fully saturated rings. The summed E-state index contributed by atoms with van der Waals surface area (Å²) >= 11 is 0. The first kappa shape index (κ1) is 12.1. The molecule has 1 aromatic carbocycles. The van der Waals surface area contributed by atoms with Crippen molar-refractivity contribution in [2.24, 2.45) is 5.92 Å². The Hall–Kier alpha value is -1.65. The van der Waals surface area contributed by atoms with Crippen LogP contribution in [0.1, 0.15) is 24.4 Å². The van der Waals surface area contributed by atoms with Gasteiger partial charge in [-0.1, -0.05) is 24.3 Å². The van der Waals surface area contributed by atoms with Crippen molar-refractivity contribution in [2.75, 3.05) is 13.2 Å². The maximum atomic E-state index is 10.5. The third-order valence-electron chi connectivity index (χ3n) is 4.52. The van der Waals surface area contributed by atoms with Crippen LogP contribution >= 0.6 is 0 Å². The third-order valence-corrected chi connectivity index (χ3v) is 4.52. The van der Waals surface area contributed by atoms with Crippen molar-refractivity contribution < 1.29 is 9.84 Å². The molecule has 2 aliphatic heterocycles. The van der Waals surface area contributed by atoms with Gasteiger partial charge in [0.05, 0.1) is 37.0 Å². The van der Waals surface area contributed by atoms with Crippen LogP contribution in [0.3, 0.4) is 0 Å². The van der Waals surface area contributed by atoms with E-state index in [9.17, 15) is 5.11 Å². The highest BCUT2D eigenvalue weighted by molar-refractivity contribution is 5.69. The van der Waals surface area contributed by atoms with E-state index < -0.39 is 0 Å². The summed E-state index contributed by atoms with van der Waals surface area (Å²) in [5.74, 6) is 0.0918. The molecule has 3 heterocycles. The molecule has 4 nitrogen and oxygen atoms in total. The van der Waals surface area contributed by atoms with Gasteiger partial charge in [-0.2, -0.15) is 0 Å². The number of hydrogen-bond donors (Lipinski definition) is 1. The van der Waals surface area contributed by atoms with Gasteiger partial charge in [-0.25, -0.2) is 4.98 Å². The number of aliphatic hydroxyl groups excluding tert-OH is 1. The van der Waals surface area contributed by atoms with Crippen molar-refractivity contribution in [3.05, 3.63) is 42.4 Å². The predicted molar refractivity (Wildman–Crippen MR) is 75.4 cm³/mol. The monoisotopic (exact) mass is 270 g/mol. The molecule has 1 aromatic heterocycles. The van der Waals surface area contributed by atoms with E-state index in [1.165, 1.54) is 11.1 Å². The van der Waals surface area contributed by atoms with E-state index in [-0.39, 0.29) is 18.1 Å². The maximum absolute atomic E-state index is 10.5. The van der Waals surface area contributed by atoms with Gasteiger partial charge in [-0.05, 0) is 18.4 Å². The first-order chi connectivity index (χ1) is 9.86. The summed E-state index contributed by atoms with van der Waals surface area (Å²) in [5.41, 5.74) is 3.65. The lowest BCUT2D eigenvalue weighted by Crippen LogP contribution is -2.31. The number of hydrogen-bond acceptors (Lipinski definition) is 3. The molecule has 4 rings (SSSR count). The molecule has 3 atom stereocenters. The van der Waals surface area contributed by atoms with Gasteiger partial charge in [-0.3, -0.25) is 0 Å². The molecular formula is C16H18N2O2. The molecule has 0 aliphatic carbocycles. The molecule has 1 unspecified atom stereocenters. The normalized spacial score (nSPS) is 28.8. The summed E-state index contributed by atoms with van der Waals surface area (Å²) in [6.07, 6.45) is 5.21. The lowest BCUT2D eigenvalue weighted by Gasteiger charge is -2.28. The van der Waals surface area contributed by atoms with Crippen molar-refractivity contribution in [2.45, 2.75) is 25.0 Å². The standard InChI is InChI=1S/C16H18N2O2/c19-15-6-3-7-20-9-13(15)16-12-5-2-1-4-11(12)14-8-17-10-18(14)16/h1-2,4-5,8,10,13,15-16,19H,3,6-7,9H2/t13-,15-,16?/m0/s1. The summed E-state index contributed by atoms with van der Waals surface area (Å²) in [5, 5.41) is 10.5. The summed E-state index contributed by atoms with van der Waals surface area (Å²) < 4.78 is 7.89. The van der Waals surface area contributed by atoms with Crippen molar-refractivity contribution in [3.63, 3.8) is 0 Å². The average Bonchev–Trinajstić information content (AvgIpc) is 2.97. The lowest BCUT2D eigenvalue weighted by atomic mass is 9.87. The van der Waals surface area contributed by atoms with E-state index in [1.54, 1.807) is 0 Å². The third kappa shape index (κ3) is 1.72. The quantitative estimate of drug-likeness (QED) is 0.864. The van der Waals surface area contributed by atoms with Crippen molar-refractivity contribution in [1.29, 1.82) is 0 Å². The van der Waals surface area contributed by atoms with Crippen LogP contribution in [-0.4, -0.2) is 34.0 Å². The molecule has 104 valence electrons. The van der Waals surface area contributed by atoms with Crippen molar-refractivity contribution in [3.8, 4) is 11.3 Å². The molecule has 2 aromatic rings. The van der Waals surface area contributed by atoms with Crippen molar-refractivity contribution >= 4 is 0 Å². The van der Waals surface area contributed by atoms with Gasteiger partial charge in [0.25, 0.3) is 0 Å². The average molecular weight is 270 g/mol. The summed E-state index contributed by atoms with van der Waals surface area (Å²) in [4.78, 5) is 4.28. The topological polar surface area (TPSA) is 47.3 Å². The number of benzene rings is 1. The Kier molecular flexibility index (Phi) is 2.86. The summed E-state index contributed by atoms with van der Waals surface area (Å²) in [6.45, 7) is 1.36. The number of imidazole rings is 1. The van der Waals surface area contributed by atoms with Crippen LogP contribution in [0.2, 0.25) is 0 Å². The molecule has 2 aliphatic rings. The van der Waals surface area contributed by atoms with E-state index in [0.29, 0.717) is 6.61 Å². The Balaban J connectivity index is 1.81. The predicted octanol–water partition coefficient (Wildman–Crippen LogP) is 2.24. The smallest absolute Gasteiger partial charge is 0.0956 e. The second-order valence-corrected chi connectivity index (χ2v) is 5.67. The second-order valence-electron chi connectivity index (χ2n) is 5.67. The molecule has 4 heteroatoms. The Labute approximate surface area is 118 Å². The van der Waals surface area contributed by atoms with Crippen LogP contribution in [0, 0.1) is 5.92 Å². The van der Waals surface area contributed by atoms with E-state index in [1.807, 2.05) is 12.5 Å². The fourth-order valence-corrected chi connectivity index (χ4v) is 3.55. The van der Waals surface area contributed by atoms with Gasteiger partial charge in [0, 0.05) is 18.1 Å². The highest BCUT2D eigenvalue weighted by atomic mass is 16.5.